The lowest BCUT2D eigenvalue weighted by Crippen LogP contribution is -2.34. The number of hydrogen-bond acceptors (Lipinski definition) is 5. The molecule has 8 heteroatoms. The van der Waals surface area contributed by atoms with Crippen LogP contribution in [0.2, 0.25) is 0 Å². The van der Waals surface area contributed by atoms with Crippen LogP contribution < -0.4 is 5.73 Å². The number of nitrogens with zero attached hydrogens (tertiary/aromatic N) is 2. The van der Waals surface area contributed by atoms with Gasteiger partial charge >= 0.3 is 0 Å². The van der Waals surface area contributed by atoms with Crippen molar-refractivity contribution >= 4 is 21.4 Å². The molecular weight excluding hydrogens is 282 g/mol. The topological polar surface area (TPSA) is 107 Å². The highest BCUT2D eigenvalue weighted by atomic mass is 32.2. The van der Waals surface area contributed by atoms with Gasteiger partial charge in [0.1, 0.15) is 4.90 Å². The number of sulfonamides is 1. The summed E-state index contributed by atoms with van der Waals surface area (Å²) in [4.78, 5) is 9.86. The number of nitrogen functional groups attached to an aromatic ring is 1. The third kappa shape index (κ3) is 3.67. The summed E-state index contributed by atoms with van der Waals surface area (Å²) in [7, 11) is -2.43. The summed E-state index contributed by atoms with van der Waals surface area (Å²) in [5.74, 6) is 0. The van der Waals surface area contributed by atoms with Gasteiger partial charge in [0, 0.05) is 25.7 Å². The van der Waals surface area contributed by atoms with E-state index in [1.54, 1.807) is 0 Å². The second-order valence-electron chi connectivity index (χ2n) is 5.80. The first-order valence-electron chi connectivity index (χ1n) is 5.95. The third-order valence-electron chi connectivity index (χ3n) is 2.59. The van der Waals surface area contributed by atoms with Crippen LogP contribution in [0.5, 0.6) is 0 Å². The van der Waals surface area contributed by atoms with Crippen molar-refractivity contribution in [3.05, 3.63) is 28.3 Å². The fourth-order valence-electron chi connectivity index (χ4n) is 1.78. The van der Waals surface area contributed by atoms with E-state index in [0.29, 0.717) is 0 Å². The summed E-state index contributed by atoms with van der Waals surface area (Å²) < 4.78 is 26.0. The molecule has 0 saturated carbocycles. The minimum Gasteiger partial charge on any atom is -0.398 e. The molecule has 0 aliphatic carbocycles. The van der Waals surface area contributed by atoms with E-state index in [4.69, 9.17) is 5.73 Å². The van der Waals surface area contributed by atoms with Crippen LogP contribution in [0.25, 0.3) is 0 Å². The number of benzene rings is 1. The van der Waals surface area contributed by atoms with Gasteiger partial charge in [-0.25, -0.2) is 12.7 Å². The van der Waals surface area contributed by atoms with Crippen molar-refractivity contribution in [2.24, 2.45) is 5.41 Å². The van der Waals surface area contributed by atoms with Gasteiger partial charge in [-0.05, 0) is 11.5 Å². The fourth-order valence-corrected chi connectivity index (χ4v) is 3.31. The van der Waals surface area contributed by atoms with Crippen LogP contribution in [0, 0.1) is 15.5 Å². The summed E-state index contributed by atoms with van der Waals surface area (Å²) in [5, 5.41) is 10.7. The summed E-state index contributed by atoms with van der Waals surface area (Å²) in [5.41, 5.74) is 5.10. The normalized spacial score (nSPS) is 12.7. The molecule has 7 nitrogen and oxygen atoms in total. The molecule has 1 aromatic carbocycles. The number of hydrogen-bond donors (Lipinski definition) is 1. The molecule has 112 valence electrons. The molecule has 0 atom stereocenters. The lowest BCUT2D eigenvalue weighted by Gasteiger charge is -2.26. The van der Waals surface area contributed by atoms with Crippen LogP contribution in [0.1, 0.15) is 20.8 Å². The number of rotatable bonds is 4. The highest BCUT2D eigenvalue weighted by Gasteiger charge is 2.28. The monoisotopic (exact) mass is 301 g/mol. The van der Waals surface area contributed by atoms with Crippen molar-refractivity contribution in [3.8, 4) is 0 Å². The highest BCUT2D eigenvalue weighted by molar-refractivity contribution is 7.89. The van der Waals surface area contributed by atoms with Gasteiger partial charge in [-0.1, -0.05) is 20.8 Å². The molecule has 0 radical (unpaired) electrons. The Balaban J connectivity index is 3.28. The molecule has 0 aliphatic heterocycles. The van der Waals surface area contributed by atoms with E-state index in [1.165, 1.54) is 19.2 Å². The van der Waals surface area contributed by atoms with Crippen LogP contribution in [0.3, 0.4) is 0 Å². The predicted molar refractivity (Wildman–Crippen MR) is 76.8 cm³/mol. The first-order chi connectivity index (χ1) is 8.95. The molecule has 0 aliphatic rings. The number of nitro benzene ring substituents is 1. The maximum Gasteiger partial charge on any atom is 0.270 e. The number of nitro groups is 1. The third-order valence-corrected chi connectivity index (χ3v) is 4.45. The van der Waals surface area contributed by atoms with Gasteiger partial charge in [-0.3, -0.25) is 10.1 Å². The molecule has 0 unspecified atom stereocenters. The largest absolute Gasteiger partial charge is 0.398 e. The van der Waals surface area contributed by atoms with Gasteiger partial charge in [0.05, 0.1) is 10.6 Å². The lowest BCUT2D eigenvalue weighted by atomic mass is 9.97. The standard InChI is InChI=1S/C12H19N3O4S/c1-12(2,3)8-14(4)20(18,19)11-7-9(15(16)17)5-6-10(11)13/h5-7H,8,13H2,1-4H3. The lowest BCUT2D eigenvalue weighted by molar-refractivity contribution is -0.385. The van der Waals surface area contributed by atoms with Gasteiger partial charge < -0.3 is 5.73 Å². The van der Waals surface area contributed by atoms with Crippen molar-refractivity contribution in [2.45, 2.75) is 25.7 Å². The molecular formula is C12H19N3O4S. The van der Waals surface area contributed by atoms with E-state index in [0.717, 1.165) is 10.4 Å². The van der Waals surface area contributed by atoms with Gasteiger partial charge in [0.2, 0.25) is 10.0 Å². The average molecular weight is 301 g/mol. The molecule has 0 bridgehead atoms. The van der Waals surface area contributed by atoms with Crippen molar-refractivity contribution in [3.63, 3.8) is 0 Å². The van der Waals surface area contributed by atoms with E-state index >= 15 is 0 Å². The van der Waals surface area contributed by atoms with Crippen molar-refractivity contribution in [1.82, 2.24) is 4.31 Å². The number of nitrogens with two attached hydrogens (primary N) is 1. The predicted octanol–water partition coefficient (Wildman–Crippen LogP) is 1.84. The Morgan fingerprint density at radius 3 is 2.35 bits per heavy atom. The molecule has 0 spiro atoms. The number of non-ortho nitro benzene ring substituents is 1. The molecule has 1 rings (SSSR count). The van der Waals surface area contributed by atoms with Crippen LogP contribution >= 0.6 is 0 Å². The molecule has 0 saturated heterocycles. The van der Waals surface area contributed by atoms with E-state index in [1.807, 2.05) is 20.8 Å². The Bertz CT molecular complexity index is 620. The Kier molecular flexibility index (Phi) is 4.40. The van der Waals surface area contributed by atoms with Crippen molar-refractivity contribution < 1.29 is 13.3 Å². The van der Waals surface area contributed by atoms with E-state index < -0.39 is 14.9 Å². The van der Waals surface area contributed by atoms with Gasteiger partial charge in [0.25, 0.3) is 5.69 Å². The zero-order valence-electron chi connectivity index (χ0n) is 12.0. The molecule has 0 fully saturated rings. The average Bonchev–Trinajstić information content (AvgIpc) is 2.26. The van der Waals surface area contributed by atoms with Gasteiger partial charge in [0.15, 0.2) is 0 Å². The smallest absolute Gasteiger partial charge is 0.270 e. The first kappa shape index (κ1) is 16.4. The Morgan fingerprint density at radius 2 is 1.90 bits per heavy atom. The van der Waals surface area contributed by atoms with Gasteiger partial charge in [-0.15, -0.1) is 0 Å². The Labute approximate surface area is 118 Å². The molecule has 0 amide bonds. The second-order valence-corrected chi connectivity index (χ2v) is 7.81. The van der Waals surface area contributed by atoms with Crippen molar-refractivity contribution in [1.29, 1.82) is 0 Å². The van der Waals surface area contributed by atoms with Crippen molar-refractivity contribution in [2.75, 3.05) is 19.3 Å². The number of anilines is 1. The van der Waals surface area contributed by atoms with Gasteiger partial charge in [-0.2, -0.15) is 0 Å². The Morgan fingerprint density at radius 1 is 1.35 bits per heavy atom. The van der Waals surface area contributed by atoms with E-state index in [-0.39, 0.29) is 28.2 Å². The minimum absolute atomic E-state index is 0.00337. The molecule has 20 heavy (non-hydrogen) atoms. The summed E-state index contributed by atoms with van der Waals surface area (Å²) in [6, 6.07) is 3.40. The summed E-state index contributed by atoms with van der Waals surface area (Å²) in [6.07, 6.45) is 0. The molecule has 0 heterocycles. The summed E-state index contributed by atoms with van der Waals surface area (Å²) in [6.45, 7) is 5.97. The minimum atomic E-state index is -3.85. The first-order valence-corrected chi connectivity index (χ1v) is 7.39. The van der Waals surface area contributed by atoms with Crippen LogP contribution in [0.15, 0.2) is 23.1 Å². The second kappa shape index (κ2) is 5.37. The maximum absolute atomic E-state index is 12.4. The molecule has 2 N–H and O–H groups in total. The highest BCUT2D eigenvalue weighted by Crippen LogP contribution is 2.28. The van der Waals surface area contributed by atoms with Crippen LogP contribution in [-0.4, -0.2) is 31.2 Å². The molecule has 1 aromatic rings. The van der Waals surface area contributed by atoms with E-state index in [9.17, 15) is 18.5 Å². The molecule has 0 aromatic heterocycles. The maximum atomic E-state index is 12.4. The van der Waals surface area contributed by atoms with E-state index in [2.05, 4.69) is 0 Å². The van der Waals surface area contributed by atoms with Crippen LogP contribution in [0.4, 0.5) is 11.4 Å². The fraction of sp³-hybridized carbons (Fsp3) is 0.500. The zero-order chi connectivity index (χ0) is 15.7. The Hall–Kier alpha value is -1.67. The van der Waals surface area contributed by atoms with Crippen LogP contribution in [-0.2, 0) is 10.0 Å². The SMILES string of the molecule is CN(CC(C)(C)C)S(=O)(=O)c1cc([N+](=O)[O-])ccc1N. The quantitative estimate of drug-likeness (QED) is 0.519. The zero-order valence-corrected chi connectivity index (χ0v) is 12.8. The summed E-state index contributed by atoms with van der Waals surface area (Å²) >= 11 is 0.